The monoisotopic (exact) mass is 198 g/mol. The van der Waals surface area contributed by atoms with Gasteiger partial charge in [-0.05, 0) is 30.7 Å². The second-order valence-corrected chi connectivity index (χ2v) is 5.87. The predicted octanol–water partition coefficient (Wildman–Crippen LogP) is 2.01. The maximum Gasteiger partial charge on any atom is 0.0218 e. The molecule has 2 unspecified atom stereocenters. The smallest absolute Gasteiger partial charge is 0.0218 e. The fraction of sp³-hybridized carbons (Fsp3) is 1.00. The van der Waals surface area contributed by atoms with E-state index in [2.05, 4.69) is 38.3 Å². The van der Waals surface area contributed by atoms with Gasteiger partial charge >= 0.3 is 0 Å². The van der Waals surface area contributed by atoms with Crippen LogP contribution in [0.1, 0.15) is 40.5 Å². The zero-order valence-corrected chi connectivity index (χ0v) is 10.2. The molecular weight excluding hydrogens is 172 g/mol. The van der Waals surface area contributed by atoms with E-state index in [1.807, 2.05) is 0 Å². The van der Waals surface area contributed by atoms with Gasteiger partial charge in [0.05, 0.1) is 0 Å². The molecule has 0 bridgehead atoms. The molecule has 84 valence electrons. The van der Waals surface area contributed by atoms with Gasteiger partial charge in [-0.1, -0.05) is 27.7 Å². The predicted molar refractivity (Wildman–Crippen MR) is 62.5 cm³/mol. The lowest BCUT2D eigenvalue weighted by molar-refractivity contribution is 0.276. The summed E-state index contributed by atoms with van der Waals surface area (Å²) < 4.78 is 0. The van der Waals surface area contributed by atoms with Crippen molar-refractivity contribution in [2.75, 3.05) is 19.6 Å². The highest BCUT2D eigenvalue weighted by molar-refractivity contribution is 4.80. The minimum Gasteiger partial charge on any atom is -0.315 e. The third-order valence-electron chi connectivity index (χ3n) is 2.95. The molecular formula is C12H26N2. The molecule has 1 saturated heterocycles. The Labute approximate surface area is 88.8 Å². The Hall–Kier alpha value is -0.0800. The quantitative estimate of drug-likeness (QED) is 0.725. The van der Waals surface area contributed by atoms with Crippen LogP contribution in [0.15, 0.2) is 0 Å². The molecule has 1 aliphatic rings. The highest BCUT2D eigenvalue weighted by atomic mass is 15.0. The summed E-state index contributed by atoms with van der Waals surface area (Å²) in [6.45, 7) is 12.6. The zero-order chi connectivity index (χ0) is 10.6. The highest BCUT2D eigenvalue weighted by Crippen LogP contribution is 2.15. The van der Waals surface area contributed by atoms with E-state index in [9.17, 15) is 0 Å². The van der Waals surface area contributed by atoms with Gasteiger partial charge in [-0.3, -0.25) is 0 Å². The first-order valence-corrected chi connectivity index (χ1v) is 5.93. The van der Waals surface area contributed by atoms with Crippen molar-refractivity contribution >= 4 is 0 Å². The minimum atomic E-state index is 0.401. The van der Waals surface area contributed by atoms with E-state index >= 15 is 0 Å². The molecule has 1 aliphatic heterocycles. The summed E-state index contributed by atoms with van der Waals surface area (Å²) in [5.41, 5.74) is 0.401. The minimum absolute atomic E-state index is 0.401. The molecule has 0 aromatic heterocycles. The Morgan fingerprint density at radius 1 is 1.36 bits per heavy atom. The number of nitrogens with one attached hydrogen (secondary N) is 2. The lowest BCUT2D eigenvalue weighted by atomic mass is 9.92. The van der Waals surface area contributed by atoms with Gasteiger partial charge in [-0.15, -0.1) is 0 Å². The Balaban J connectivity index is 2.17. The number of piperidine rings is 1. The van der Waals surface area contributed by atoms with Gasteiger partial charge in [0.15, 0.2) is 0 Å². The van der Waals surface area contributed by atoms with Crippen molar-refractivity contribution in [3.63, 3.8) is 0 Å². The van der Waals surface area contributed by atoms with Crippen LogP contribution < -0.4 is 10.6 Å². The van der Waals surface area contributed by atoms with Crippen LogP contribution in [-0.2, 0) is 0 Å². The third-order valence-corrected chi connectivity index (χ3v) is 2.95. The van der Waals surface area contributed by atoms with Crippen LogP contribution in [0.2, 0.25) is 0 Å². The van der Waals surface area contributed by atoms with Gasteiger partial charge in [0.2, 0.25) is 0 Å². The first-order chi connectivity index (χ1) is 6.49. The summed E-state index contributed by atoms with van der Waals surface area (Å²) in [7, 11) is 0. The van der Waals surface area contributed by atoms with Crippen LogP contribution in [0.4, 0.5) is 0 Å². The van der Waals surface area contributed by atoms with Crippen molar-refractivity contribution in [1.29, 1.82) is 0 Å². The fourth-order valence-corrected chi connectivity index (χ4v) is 1.99. The molecule has 0 aromatic rings. The molecule has 2 atom stereocenters. The SMILES string of the molecule is CC1CCCNC1CNCC(C)(C)C. The Morgan fingerprint density at radius 2 is 2.07 bits per heavy atom. The molecule has 1 heterocycles. The van der Waals surface area contributed by atoms with Crippen molar-refractivity contribution in [2.45, 2.75) is 46.6 Å². The van der Waals surface area contributed by atoms with E-state index in [4.69, 9.17) is 0 Å². The molecule has 14 heavy (non-hydrogen) atoms. The average molecular weight is 198 g/mol. The molecule has 2 nitrogen and oxygen atoms in total. The van der Waals surface area contributed by atoms with Gasteiger partial charge in [-0.25, -0.2) is 0 Å². The lowest BCUT2D eigenvalue weighted by Crippen LogP contribution is -2.47. The third kappa shape index (κ3) is 4.43. The van der Waals surface area contributed by atoms with Crippen molar-refractivity contribution in [3.05, 3.63) is 0 Å². The van der Waals surface area contributed by atoms with Gasteiger partial charge in [0.1, 0.15) is 0 Å². The summed E-state index contributed by atoms with van der Waals surface area (Å²) in [6, 6.07) is 0.686. The van der Waals surface area contributed by atoms with E-state index in [0.717, 1.165) is 19.0 Å². The molecule has 0 radical (unpaired) electrons. The first kappa shape index (κ1) is 12.0. The van der Waals surface area contributed by atoms with Gasteiger partial charge < -0.3 is 10.6 Å². The molecule has 2 heteroatoms. The van der Waals surface area contributed by atoms with Crippen LogP contribution in [0.25, 0.3) is 0 Å². The summed E-state index contributed by atoms with van der Waals surface area (Å²) >= 11 is 0. The Bertz CT molecular complexity index is 160. The second-order valence-electron chi connectivity index (χ2n) is 5.87. The molecule has 0 aliphatic carbocycles. The topological polar surface area (TPSA) is 24.1 Å². The number of hydrogen-bond acceptors (Lipinski definition) is 2. The van der Waals surface area contributed by atoms with E-state index < -0.39 is 0 Å². The van der Waals surface area contributed by atoms with Gasteiger partial charge in [0.25, 0.3) is 0 Å². The summed E-state index contributed by atoms with van der Waals surface area (Å²) in [6.07, 6.45) is 2.73. The number of hydrogen-bond donors (Lipinski definition) is 2. The van der Waals surface area contributed by atoms with Crippen LogP contribution in [0, 0.1) is 11.3 Å². The Morgan fingerprint density at radius 3 is 2.64 bits per heavy atom. The van der Waals surface area contributed by atoms with E-state index in [1.165, 1.54) is 19.4 Å². The largest absolute Gasteiger partial charge is 0.315 e. The summed E-state index contributed by atoms with van der Waals surface area (Å²) in [4.78, 5) is 0. The molecule has 2 N–H and O–H groups in total. The molecule has 1 rings (SSSR count). The van der Waals surface area contributed by atoms with E-state index in [1.54, 1.807) is 0 Å². The number of rotatable bonds is 3. The van der Waals surface area contributed by atoms with Crippen molar-refractivity contribution < 1.29 is 0 Å². The molecule has 0 aromatic carbocycles. The van der Waals surface area contributed by atoms with Crippen molar-refractivity contribution in [1.82, 2.24) is 10.6 Å². The van der Waals surface area contributed by atoms with Crippen LogP contribution >= 0.6 is 0 Å². The van der Waals surface area contributed by atoms with Crippen molar-refractivity contribution in [3.8, 4) is 0 Å². The standard InChI is InChI=1S/C12H26N2/c1-10-6-5-7-14-11(10)8-13-9-12(2,3)4/h10-11,13-14H,5-9H2,1-4H3. The Kier molecular flexibility index (Phi) is 4.39. The van der Waals surface area contributed by atoms with Crippen molar-refractivity contribution in [2.24, 2.45) is 11.3 Å². The van der Waals surface area contributed by atoms with Crippen LogP contribution in [-0.4, -0.2) is 25.7 Å². The van der Waals surface area contributed by atoms with Gasteiger partial charge in [-0.2, -0.15) is 0 Å². The molecule has 0 spiro atoms. The van der Waals surface area contributed by atoms with Crippen LogP contribution in [0.3, 0.4) is 0 Å². The molecule has 0 saturated carbocycles. The molecule has 0 amide bonds. The summed E-state index contributed by atoms with van der Waals surface area (Å²) in [5.74, 6) is 0.830. The van der Waals surface area contributed by atoms with E-state index in [-0.39, 0.29) is 0 Å². The normalized spacial score (nSPS) is 29.1. The fourth-order valence-electron chi connectivity index (χ4n) is 1.99. The summed E-state index contributed by atoms with van der Waals surface area (Å²) in [5, 5.41) is 7.16. The second kappa shape index (κ2) is 5.13. The van der Waals surface area contributed by atoms with E-state index in [0.29, 0.717) is 11.5 Å². The maximum absolute atomic E-state index is 3.59. The van der Waals surface area contributed by atoms with Crippen LogP contribution in [0.5, 0.6) is 0 Å². The maximum atomic E-state index is 3.59. The highest BCUT2D eigenvalue weighted by Gasteiger charge is 2.20. The molecule has 1 fully saturated rings. The average Bonchev–Trinajstić information content (AvgIpc) is 2.06. The zero-order valence-electron chi connectivity index (χ0n) is 10.2. The lowest BCUT2D eigenvalue weighted by Gasteiger charge is -2.31. The first-order valence-electron chi connectivity index (χ1n) is 5.93. The van der Waals surface area contributed by atoms with Gasteiger partial charge in [0, 0.05) is 19.1 Å².